The van der Waals surface area contributed by atoms with Gasteiger partial charge in [-0.1, -0.05) is 0 Å². The molecule has 1 aromatic heterocycles. The molecule has 36 heavy (non-hydrogen) atoms. The molecular formula is C24H32F2N6O3S. The summed E-state index contributed by atoms with van der Waals surface area (Å²) in [5.41, 5.74) is -0.161. The van der Waals surface area contributed by atoms with Gasteiger partial charge >= 0.3 is 0 Å². The summed E-state index contributed by atoms with van der Waals surface area (Å²) in [7, 11) is -3.77. The molecule has 9 nitrogen and oxygen atoms in total. The van der Waals surface area contributed by atoms with Gasteiger partial charge in [0, 0.05) is 71.1 Å². The molecule has 1 unspecified atom stereocenters. The summed E-state index contributed by atoms with van der Waals surface area (Å²) in [5, 5.41) is 8.83. The fourth-order valence-electron chi connectivity index (χ4n) is 5.03. The van der Waals surface area contributed by atoms with E-state index in [1.54, 1.807) is 0 Å². The van der Waals surface area contributed by atoms with E-state index in [-0.39, 0.29) is 18.7 Å². The SMILES string of the molecule is O=S(=O)(Cc1cc(F)ccc1F)N1CCN(c2ccc(N3CCN(CC4CCCO4)CC3)nn2)CC1. The zero-order valence-electron chi connectivity index (χ0n) is 20.2. The van der Waals surface area contributed by atoms with Gasteiger partial charge in [0.2, 0.25) is 10.0 Å². The predicted octanol–water partition coefficient (Wildman–Crippen LogP) is 1.71. The van der Waals surface area contributed by atoms with Gasteiger partial charge in [-0.05, 0) is 43.2 Å². The van der Waals surface area contributed by atoms with Gasteiger partial charge in [-0.15, -0.1) is 10.2 Å². The molecule has 4 heterocycles. The molecule has 12 heteroatoms. The van der Waals surface area contributed by atoms with Crippen molar-refractivity contribution in [2.24, 2.45) is 0 Å². The molecule has 3 aliphatic heterocycles. The number of ether oxygens (including phenoxy) is 1. The molecule has 0 aliphatic carbocycles. The number of aromatic nitrogens is 2. The van der Waals surface area contributed by atoms with E-state index < -0.39 is 27.4 Å². The van der Waals surface area contributed by atoms with Crippen LogP contribution in [0.2, 0.25) is 0 Å². The summed E-state index contributed by atoms with van der Waals surface area (Å²) in [6.07, 6.45) is 2.68. The number of benzene rings is 1. The Bertz CT molecular complexity index is 1130. The highest BCUT2D eigenvalue weighted by molar-refractivity contribution is 7.88. The van der Waals surface area contributed by atoms with Gasteiger partial charge in [0.05, 0.1) is 11.9 Å². The standard InChI is InChI=1S/C24H32F2N6O3S/c25-20-3-4-22(26)19(16-20)18-36(33,34)32-13-11-31(12-14-32)24-6-5-23(27-28-24)30-9-7-29(8-10-30)17-21-2-1-15-35-21/h3-6,16,21H,1-2,7-15,17-18H2. The highest BCUT2D eigenvalue weighted by Gasteiger charge is 2.29. The maximum absolute atomic E-state index is 13.9. The van der Waals surface area contributed by atoms with Crippen LogP contribution in [0.25, 0.3) is 0 Å². The van der Waals surface area contributed by atoms with Gasteiger partial charge in [0.25, 0.3) is 0 Å². The molecule has 3 fully saturated rings. The van der Waals surface area contributed by atoms with Gasteiger partial charge in [-0.25, -0.2) is 17.2 Å². The predicted molar refractivity (Wildman–Crippen MR) is 132 cm³/mol. The minimum Gasteiger partial charge on any atom is -0.377 e. The Hall–Kier alpha value is -2.41. The second-order valence-corrected chi connectivity index (χ2v) is 11.5. The third-order valence-corrected chi connectivity index (χ3v) is 8.95. The molecular weight excluding hydrogens is 490 g/mol. The largest absolute Gasteiger partial charge is 0.377 e. The first-order valence-corrected chi connectivity index (χ1v) is 14.1. The zero-order chi connectivity index (χ0) is 25.1. The van der Waals surface area contributed by atoms with E-state index in [9.17, 15) is 17.2 Å². The molecule has 0 amide bonds. The highest BCUT2D eigenvalue weighted by Crippen LogP contribution is 2.21. The van der Waals surface area contributed by atoms with Crippen LogP contribution in [0.1, 0.15) is 18.4 Å². The third kappa shape index (κ3) is 5.93. The molecule has 1 atom stereocenters. The lowest BCUT2D eigenvalue weighted by molar-refractivity contribution is 0.0712. The monoisotopic (exact) mass is 522 g/mol. The molecule has 3 saturated heterocycles. The second kappa shape index (κ2) is 10.9. The number of rotatable bonds is 7. The normalized spacial score (nSPS) is 22.3. The van der Waals surface area contributed by atoms with Crippen molar-refractivity contribution >= 4 is 21.7 Å². The fourth-order valence-corrected chi connectivity index (χ4v) is 6.54. The maximum atomic E-state index is 13.9. The van der Waals surface area contributed by atoms with E-state index in [0.717, 1.165) is 76.2 Å². The van der Waals surface area contributed by atoms with Gasteiger partial charge in [0.1, 0.15) is 11.6 Å². The molecule has 5 rings (SSSR count). The number of hydrogen-bond donors (Lipinski definition) is 0. The van der Waals surface area contributed by atoms with E-state index in [1.165, 1.54) is 4.31 Å². The van der Waals surface area contributed by atoms with E-state index in [4.69, 9.17) is 4.74 Å². The Morgan fingerprint density at radius 1 is 0.889 bits per heavy atom. The number of piperazine rings is 2. The Morgan fingerprint density at radius 3 is 2.11 bits per heavy atom. The molecule has 0 radical (unpaired) electrons. The first-order chi connectivity index (χ1) is 17.4. The molecule has 0 saturated carbocycles. The maximum Gasteiger partial charge on any atom is 0.218 e. The number of halogens is 2. The topological polar surface area (TPSA) is 82.1 Å². The molecule has 1 aromatic carbocycles. The van der Waals surface area contributed by atoms with Gasteiger partial charge < -0.3 is 14.5 Å². The summed E-state index contributed by atoms with van der Waals surface area (Å²) < 4.78 is 60.0. The van der Waals surface area contributed by atoms with Crippen molar-refractivity contribution in [1.82, 2.24) is 19.4 Å². The average molecular weight is 523 g/mol. The van der Waals surface area contributed by atoms with Crippen LogP contribution < -0.4 is 9.80 Å². The van der Waals surface area contributed by atoms with Crippen molar-refractivity contribution in [3.05, 3.63) is 47.5 Å². The summed E-state index contributed by atoms with van der Waals surface area (Å²) in [6, 6.07) is 6.75. The Kier molecular flexibility index (Phi) is 7.65. The van der Waals surface area contributed by atoms with Crippen molar-refractivity contribution < 1.29 is 21.9 Å². The van der Waals surface area contributed by atoms with Crippen LogP contribution in [0.4, 0.5) is 20.4 Å². The van der Waals surface area contributed by atoms with Crippen molar-refractivity contribution in [3.8, 4) is 0 Å². The highest BCUT2D eigenvalue weighted by atomic mass is 32.2. The quantitative estimate of drug-likeness (QED) is 0.544. The van der Waals surface area contributed by atoms with Gasteiger partial charge in [-0.2, -0.15) is 4.31 Å². The number of nitrogens with zero attached hydrogens (tertiary/aromatic N) is 6. The first kappa shape index (κ1) is 25.2. The summed E-state index contributed by atoms with van der Waals surface area (Å²) in [4.78, 5) is 6.68. The van der Waals surface area contributed by atoms with Crippen molar-refractivity contribution in [1.29, 1.82) is 0 Å². The Balaban J connectivity index is 1.11. The van der Waals surface area contributed by atoms with E-state index in [2.05, 4.69) is 20.0 Å². The zero-order valence-corrected chi connectivity index (χ0v) is 21.0. The molecule has 3 aliphatic rings. The fraction of sp³-hybridized carbons (Fsp3) is 0.583. The minimum atomic E-state index is -3.77. The van der Waals surface area contributed by atoms with E-state index >= 15 is 0 Å². The molecule has 2 aromatic rings. The lowest BCUT2D eigenvalue weighted by atomic mass is 10.2. The van der Waals surface area contributed by atoms with Crippen LogP contribution in [-0.2, 0) is 20.5 Å². The Morgan fingerprint density at radius 2 is 1.53 bits per heavy atom. The van der Waals surface area contributed by atoms with Crippen LogP contribution in [0, 0.1) is 11.6 Å². The van der Waals surface area contributed by atoms with Gasteiger partial charge in [0.15, 0.2) is 11.6 Å². The van der Waals surface area contributed by atoms with E-state index in [0.29, 0.717) is 25.0 Å². The number of sulfonamides is 1. The average Bonchev–Trinajstić information content (AvgIpc) is 3.40. The molecule has 0 bridgehead atoms. The molecule has 0 spiro atoms. The first-order valence-electron chi connectivity index (χ1n) is 12.5. The van der Waals surface area contributed by atoms with Crippen LogP contribution in [0.3, 0.4) is 0 Å². The van der Waals surface area contributed by atoms with Crippen LogP contribution in [0.5, 0.6) is 0 Å². The Labute approximate surface area is 210 Å². The molecule has 0 N–H and O–H groups in total. The molecule has 196 valence electrons. The lowest BCUT2D eigenvalue weighted by Gasteiger charge is -2.36. The van der Waals surface area contributed by atoms with Crippen LogP contribution in [0.15, 0.2) is 30.3 Å². The van der Waals surface area contributed by atoms with Crippen molar-refractivity contribution in [2.45, 2.75) is 24.7 Å². The van der Waals surface area contributed by atoms with E-state index in [1.807, 2.05) is 17.0 Å². The smallest absolute Gasteiger partial charge is 0.218 e. The van der Waals surface area contributed by atoms with Crippen LogP contribution in [-0.4, -0.2) is 99.4 Å². The minimum absolute atomic E-state index is 0.161. The summed E-state index contributed by atoms with van der Waals surface area (Å²) >= 11 is 0. The second-order valence-electron chi connectivity index (χ2n) is 9.55. The van der Waals surface area contributed by atoms with Crippen LogP contribution >= 0.6 is 0 Å². The van der Waals surface area contributed by atoms with Crippen molar-refractivity contribution in [2.75, 3.05) is 75.3 Å². The summed E-state index contributed by atoms with van der Waals surface area (Å²) in [6.45, 7) is 6.99. The number of anilines is 2. The van der Waals surface area contributed by atoms with Crippen molar-refractivity contribution in [3.63, 3.8) is 0 Å². The third-order valence-electron chi connectivity index (χ3n) is 7.12. The van der Waals surface area contributed by atoms with Gasteiger partial charge in [-0.3, -0.25) is 4.90 Å². The summed E-state index contributed by atoms with van der Waals surface area (Å²) in [5.74, 6) is -0.406. The lowest BCUT2D eigenvalue weighted by Crippen LogP contribution is -2.49. The number of hydrogen-bond acceptors (Lipinski definition) is 8.